The molecule has 32 heavy (non-hydrogen) atoms. The van der Waals surface area contributed by atoms with Crippen molar-refractivity contribution in [2.75, 3.05) is 19.8 Å². The third-order valence-electron chi connectivity index (χ3n) is 8.81. The average Bonchev–Trinajstić information content (AvgIpc) is 2.93. The summed E-state index contributed by atoms with van der Waals surface area (Å²) in [6, 6.07) is 0. The van der Waals surface area contributed by atoms with Crippen LogP contribution in [0.15, 0.2) is 12.2 Å². The number of carbonyl (C=O) groups excluding carboxylic acids is 4. The summed E-state index contributed by atoms with van der Waals surface area (Å²) in [5.74, 6) is -2.75. The van der Waals surface area contributed by atoms with E-state index in [1.165, 1.54) is 13.8 Å². The maximum Gasteiger partial charge on any atom is 0.320 e. The monoisotopic (exact) mass is 448 g/mol. The SMILES string of the molecule is C=C1C(=O)[C@]23C[C@H]1CC[C@H]2[C@]1(COC3=O)[C@@H](OC(C)=O)CC[C@](C)(CO)[C@H]1COC(C)=O. The van der Waals surface area contributed by atoms with E-state index in [-0.39, 0.29) is 31.5 Å². The molecule has 0 aromatic carbocycles. The van der Waals surface area contributed by atoms with E-state index in [2.05, 4.69) is 6.58 Å². The molecule has 4 fully saturated rings. The van der Waals surface area contributed by atoms with E-state index >= 15 is 0 Å². The molecule has 1 aliphatic heterocycles. The molecule has 3 aliphatic carbocycles. The number of aliphatic hydroxyl groups excluding tert-OH is 1. The normalized spacial score (nSPS) is 42.9. The van der Waals surface area contributed by atoms with Gasteiger partial charge in [-0.2, -0.15) is 0 Å². The van der Waals surface area contributed by atoms with Crippen LogP contribution < -0.4 is 0 Å². The van der Waals surface area contributed by atoms with E-state index in [1.807, 2.05) is 6.92 Å². The molecule has 4 aliphatic rings. The first kappa shape index (κ1) is 23.0. The molecule has 1 N–H and O–H groups in total. The predicted octanol–water partition coefficient (Wildman–Crippen LogP) is 1.97. The van der Waals surface area contributed by atoms with Gasteiger partial charge >= 0.3 is 17.9 Å². The van der Waals surface area contributed by atoms with E-state index in [9.17, 15) is 24.3 Å². The highest BCUT2D eigenvalue weighted by atomic mass is 16.6. The predicted molar refractivity (Wildman–Crippen MR) is 111 cm³/mol. The van der Waals surface area contributed by atoms with Crippen LogP contribution in [0.4, 0.5) is 0 Å². The second-order valence-corrected chi connectivity index (χ2v) is 10.3. The Morgan fingerprint density at radius 2 is 1.91 bits per heavy atom. The van der Waals surface area contributed by atoms with Crippen LogP contribution in [0.25, 0.3) is 0 Å². The Bertz CT molecular complexity index is 879. The molecule has 8 heteroatoms. The summed E-state index contributed by atoms with van der Waals surface area (Å²) in [5.41, 5.74) is -2.54. The lowest BCUT2D eigenvalue weighted by atomic mass is 9.43. The summed E-state index contributed by atoms with van der Waals surface area (Å²) in [4.78, 5) is 50.5. The number of allylic oxidation sites excluding steroid dienone is 1. The van der Waals surface area contributed by atoms with Crippen LogP contribution in [0.1, 0.15) is 52.9 Å². The number of aliphatic hydroxyl groups is 1. The number of esters is 3. The van der Waals surface area contributed by atoms with Crippen molar-refractivity contribution in [3.05, 3.63) is 12.2 Å². The molecule has 1 saturated heterocycles. The first-order valence-corrected chi connectivity index (χ1v) is 11.3. The van der Waals surface area contributed by atoms with E-state index in [4.69, 9.17) is 14.2 Å². The third kappa shape index (κ3) is 2.98. The molecular weight excluding hydrogens is 416 g/mol. The van der Waals surface area contributed by atoms with Crippen molar-refractivity contribution < 1.29 is 38.5 Å². The smallest absolute Gasteiger partial charge is 0.320 e. The Hall–Kier alpha value is -2.22. The lowest BCUT2D eigenvalue weighted by molar-refractivity contribution is -0.253. The van der Waals surface area contributed by atoms with Gasteiger partial charge in [0.2, 0.25) is 0 Å². The number of carbonyl (C=O) groups is 4. The number of Topliss-reactive ketones (excluding diaryl/α,β-unsaturated/α-hetero) is 1. The number of cyclic esters (lactones) is 1. The van der Waals surface area contributed by atoms with Crippen LogP contribution in [0, 0.1) is 34.0 Å². The van der Waals surface area contributed by atoms with Gasteiger partial charge in [0.1, 0.15) is 18.1 Å². The van der Waals surface area contributed by atoms with Gasteiger partial charge in [0.15, 0.2) is 5.78 Å². The standard InChI is InChI=1S/C24H32O8/c1-13-16-5-6-17-23(9-16,20(13)28)21(29)31-12-24(17)18(10-30-14(2)26)22(4,11-25)8-7-19(24)32-15(3)27/h16-19,25H,1,5-12H2,2-4H3/t16-,17-,18-,19+,22-,23+,24+/m1/s1. The number of rotatable bonds is 4. The quantitative estimate of drug-likeness (QED) is 0.300. The minimum Gasteiger partial charge on any atom is -0.466 e. The highest BCUT2D eigenvalue weighted by Crippen LogP contribution is 2.68. The van der Waals surface area contributed by atoms with Crippen LogP contribution in [-0.4, -0.2) is 54.7 Å². The summed E-state index contributed by atoms with van der Waals surface area (Å²) in [7, 11) is 0. The summed E-state index contributed by atoms with van der Waals surface area (Å²) in [6.45, 7) is 8.28. The number of ether oxygens (including phenoxy) is 3. The fraction of sp³-hybridized carbons (Fsp3) is 0.750. The molecule has 176 valence electrons. The lowest BCUT2D eigenvalue weighted by Crippen LogP contribution is -2.69. The van der Waals surface area contributed by atoms with Crippen molar-refractivity contribution in [2.45, 2.75) is 59.0 Å². The van der Waals surface area contributed by atoms with Gasteiger partial charge in [0.05, 0.1) is 12.0 Å². The van der Waals surface area contributed by atoms with Crippen molar-refractivity contribution in [2.24, 2.45) is 34.0 Å². The highest BCUT2D eigenvalue weighted by molar-refractivity contribution is 6.15. The van der Waals surface area contributed by atoms with Gasteiger partial charge in [-0.05, 0) is 54.9 Å². The Morgan fingerprint density at radius 1 is 1.19 bits per heavy atom. The molecule has 0 amide bonds. The molecule has 4 rings (SSSR count). The Morgan fingerprint density at radius 3 is 2.53 bits per heavy atom. The molecule has 0 aromatic heterocycles. The fourth-order valence-corrected chi connectivity index (χ4v) is 7.29. The molecule has 3 saturated carbocycles. The van der Waals surface area contributed by atoms with Crippen molar-refractivity contribution in [3.8, 4) is 0 Å². The van der Waals surface area contributed by atoms with E-state index < -0.39 is 52.1 Å². The molecule has 8 nitrogen and oxygen atoms in total. The second-order valence-electron chi connectivity index (χ2n) is 10.3. The van der Waals surface area contributed by atoms with Crippen LogP contribution >= 0.6 is 0 Å². The molecule has 1 heterocycles. The lowest BCUT2D eigenvalue weighted by Gasteiger charge is -2.63. The average molecular weight is 449 g/mol. The Labute approximate surface area is 187 Å². The highest BCUT2D eigenvalue weighted by Gasteiger charge is 2.74. The zero-order valence-electron chi connectivity index (χ0n) is 19.0. The number of hydrogen-bond donors (Lipinski definition) is 1. The maximum absolute atomic E-state index is 13.5. The molecule has 7 atom stereocenters. The molecular formula is C24H32O8. The summed E-state index contributed by atoms with van der Waals surface area (Å²) < 4.78 is 17.0. The van der Waals surface area contributed by atoms with Crippen molar-refractivity contribution in [1.82, 2.24) is 0 Å². The molecule has 2 bridgehead atoms. The molecule has 2 spiro atoms. The number of ketones is 1. The number of hydrogen-bond acceptors (Lipinski definition) is 8. The van der Waals surface area contributed by atoms with Crippen molar-refractivity contribution in [1.29, 1.82) is 0 Å². The zero-order chi connectivity index (χ0) is 23.5. The van der Waals surface area contributed by atoms with E-state index in [0.29, 0.717) is 37.7 Å². The zero-order valence-corrected chi connectivity index (χ0v) is 19.0. The molecule has 0 radical (unpaired) electrons. The van der Waals surface area contributed by atoms with Gasteiger partial charge in [-0.1, -0.05) is 13.5 Å². The third-order valence-corrected chi connectivity index (χ3v) is 8.81. The van der Waals surface area contributed by atoms with Gasteiger partial charge in [0, 0.05) is 26.4 Å². The molecule has 0 unspecified atom stereocenters. The van der Waals surface area contributed by atoms with Crippen molar-refractivity contribution in [3.63, 3.8) is 0 Å². The first-order valence-electron chi connectivity index (χ1n) is 11.3. The minimum absolute atomic E-state index is 0.0210. The first-order chi connectivity index (χ1) is 15.0. The van der Waals surface area contributed by atoms with Gasteiger partial charge in [0.25, 0.3) is 0 Å². The van der Waals surface area contributed by atoms with Crippen LogP contribution in [0.2, 0.25) is 0 Å². The minimum atomic E-state index is -1.36. The molecule has 0 aromatic rings. The Kier molecular flexibility index (Phi) is 5.51. The van der Waals surface area contributed by atoms with Crippen LogP contribution in [-0.2, 0) is 33.4 Å². The van der Waals surface area contributed by atoms with Gasteiger partial charge < -0.3 is 19.3 Å². The number of fused-ring (bicyclic) bond motifs is 2. The maximum atomic E-state index is 13.5. The van der Waals surface area contributed by atoms with Gasteiger partial charge in [-0.25, -0.2) is 0 Å². The fourth-order valence-electron chi connectivity index (χ4n) is 7.29. The van der Waals surface area contributed by atoms with E-state index in [1.54, 1.807) is 0 Å². The topological polar surface area (TPSA) is 116 Å². The van der Waals surface area contributed by atoms with Crippen LogP contribution in [0.5, 0.6) is 0 Å². The summed E-state index contributed by atoms with van der Waals surface area (Å²) >= 11 is 0. The van der Waals surface area contributed by atoms with Crippen molar-refractivity contribution >= 4 is 23.7 Å². The van der Waals surface area contributed by atoms with E-state index in [0.717, 1.165) is 0 Å². The summed E-state index contributed by atoms with van der Waals surface area (Å²) in [5, 5.41) is 10.4. The van der Waals surface area contributed by atoms with Gasteiger partial charge in [-0.3, -0.25) is 19.2 Å². The van der Waals surface area contributed by atoms with Crippen LogP contribution in [0.3, 0.4) is 0 Å². The Balaban J connectivity index is 1.91. The second kappa shape index (κ2) is 7.68. The largest absolute Gasteiger partial charge is 0.466 e. The van der Waals surface area contributed by atoms with Gasteiger partial charge in [-0.15, -0.1) is 0 Å². The summed E-state index contributed by atoms with van der Waals surface area (Å²) in [6.07, 6.45) is 1.98.